The molecule has 0 N–H and O–H groups in total. The molecule has 0 radical (unpaired) electrons. The molecule has 6 aliphatic rings. The molecule has 5 atom stereocenters. The number of aliphatic imine (C=N–C) groups is 5. The zero-order chi connectivity index (χ0) is 76.4. The molecule has 10 aromatic carbocycles. The van der Waals surface area contributed by atoms with Crippen molar-refractivity contribution in [3.8, 4) is 57.5 Å². The van der Waals surface area contributed by atoms with Crippen molar-refractivity contribution < 1.29 is 68.9 Å². The summed E-state index contributed by atoms with van der Waals surface area (Å²) in [7, 11) is 0. The summed E-state index contributed by atoms with van der Waals surface area (Å²) >= 11 is 0. The van der Waals surface area contributed by atoms with Crippen molar-refractivity contribution in [2.24, 2.45) is 25.0 Å². The van der Waals surface area contributed by atoms with Crippen LogP contribution in [-0.2, 0) is 0 Å². The maximum Gasteiger partial charge on any atom is 0.684 e. The minimum Gasteiger partial charge on any atom is -0.616 e. The van der Waals surface area contributed by atoms with Gasteiger partial charge in [-0.05, 0) is 85.5 Å². The van der Waals surface area contributed by atoms with Crippen molar-refractivity contribution in [1.29, 1.82) is 0 Å². The molecule has 5 aromatic heterocycles. The molecule has 15 bridgehead atoms. The molecule has 550 valence electrons. The number of aromatic nitrogens is 5. The summed E-state index contributed by atoms with van der Waals surface area (Å²) in [4.78, 5) is 25.0. The fraction of sp³-hybridized carbons (Fsp3) is 0. The summed E-state index contributed by atoms with van der Waals surface area (Å²) < 4.78 is 84.8. The van der Waals surface area contributed by atoms with E-state index in [1.165, 1.54) is 0 Å². The first-order valence-corrected chi connectivity index (χ1v) is 38.0. The standard InChI is InChI=1S/C90H65B5N10O10/c1-6-21-66(22-7-1)56-96-76-36-16-31-71(51-76)91-101-46-41-82-87(61-101)112-93(107-82,73-33-18-38-78(53-73)98-58-68-25-10-3-11-26-68)103-48-43-84-89(63-103)114-95(109-84,75-35-20-40-80(55-75)100-60-70-29-14-5-15-30-70)105-50-45-85-90(65-105)115-94(110-85,74-34-19-39-79(54-74)99-59-69-27-12-4-13-28-69)104-49-44-83-88(64-104)113-92(108-83,102-47-42-81(106-91)86(62-102)111-91)72-32-17-37-77(52-72)97-57-67-23-8-2-9-24-67/h1-65H. The van der Waals surface area contributed by atoms with Gasteiger partial charge >= 0.3 is 33.4 Å². The molecule has 25 heteroatoms. The Hall–Kier alpha value is -15.4. The number of hydrogen-bond acceptors (Lipinski definition) is 15. The second-order valence-corrected chi connectivity index (χ2v) is 29.0. The molecule has 0 saturated heterocycles. The summed E-state index contributed by atoms with van der Waals surface area (Å²) in [5.41, 5.74) is 11.1. The lowest BCUT2D eigenvalue weighted by Crippen LogP contribution is -2.78. The molecule has 0 saturated carbocycles. The Balaban J connectivity index is 0.775. The Kier molecular flexibility index (Phi) is 16.2. The summed E-state index contributed by atoms with van der Waals surface area (Å²) in [6.45, 7) is -14.2. The third-order valence-electron chi connectivity index (χ3n) is 21.6. The van der Waals surface area contributed by atoms with Gasteiger partial charge in [-0.2, -0.15) is 0 Å². The van der Waals surface area contributed by atoms with Gasteiger partial charge in [-0.15, -0.1) is 0 Å². The molecule has 11 heterocycles. The van der Waals surface area contributed by atoms with Crippen LogP contribution in [0.25, 0.3) is 0 Å². The second kappa shape index (κ2) is 27.6. The van der Waals surface area contributed by atoms with Gasteiger partial charge < -0.3 is 68.9 Å². The van der Waals surface area contributed by atoms with Gasteiger partial charge in [0.2, 0.25) is 0 Å². The molecule has 15 aromatic rings. The quantitative estimate of drug-likeness (QED) is 0.0710. The molecule has 0 aliphatic carbocycles. The van der Waals surface area contributed by atoms with E-state index in [1.807, 2.05) is 419 Å². The molecular weight excluding hydrogens is 1440 g/mol. The number of hydrogen-bond donors (Lipinski definition) is 0. The van der Waals surface area contributed by atoms with E-state index in [9.17, 15) is 0 Å². The highest BCUT2D eigenvalue weighted by molar-refractivity contribution is 6.78. The molecule has 6 aliphatic heterocycles. The molecule has 20 nitrogen and oxygen atoms in total. The van der Waals surface area contributed by atoms with E-state index in [0.29, 0.717) is 113 Å². The lowest BCUT2D eigenvalue weighted by Gasteiger charge is -2.30. The highest BCUT2D eigenvalue weighted by Crippen LogP contribution is 2.44. The SMILES string of the molecule is C(=Nc1cccc([B-]23Oc4cc[n+](cc4O2)[B-]2(c4cccc(N=Cc5ccccc5)c4)Oc4cc[n+](cc4O2)[B-]2(c4cccc(N=Cc5ccccc5)c4)Oc4cc[n+](cc4O2)[B-]2(c4cccc(N=Cc5ccccc5)c4)Oc4cc[n+](cc4O2)[B-]2(c4cccc(N=Cc5ccccc5)c4)Oc4cc[n+]3cc4O2)c1)c1ccccc1. The van der Waals surface area contributed by atoms with Crippen LogP contribution in [0.5, 0.6) is 57.5 Å². The number of pyridine rings is 5. The first kappa shape index (κ1) is 67.7. The lowest BCUT2D eigenvalue weighted by molar-refractivity contribution is -0.571. The van der Waals surface area contributed by atoms with Crippen molar-refractivity contribution in [3.05, 3.63) is 393 Å². The van der Waals surface area contributed by atoms with E-state index in [2.05, 4.69) is 0 Å². The van der Waals surface area contributed by atoms with E-state index in [1.54, 1.807) is 0 Å². The van der Waals surface area contributed by atoms with Gasteiger partial charge in [0.25, 0.3) is 0 Å². The second-order valence-electron chi connectivity index (χ2n) is 29.0. The minimum absolute atomic E-state index is 0.362. The predicted octanol–water partition coefficient (Wildman–Crippen LogP) is 11.0. The largest absolute Gasteiger partial charge is 0.684 e. The van der Waals surface area contributed by atoms with E-state index < -0.39 is 33.4 Å². The molecule has 5 unspecified atom stereocenters. The van der Waals surface area contributed by atoms with Crippen LogP contribution in [0.2, 0.25) is 0 Å². The van der Waals surface area contributed by atoms with E-state index in [0.717, 1.165) is 27.8 Å². The Morgan fingerprint density at radius 1 is 0.183 bits per heavy atom. The van der Waals surface area contributed by atoms with Crippen LogP contribution in [0, 0.1) is 0 Å². The Morgan fingerprint density at radius 3 is 0.539 bits per heavy atom. The van der Waals surface area contributed by atoms with Gasteiger partial charge in [-0.3, -0.25) is 25.0 Å². The normalized spacial score (nSPS) is 20.0. The highest BCUT2D eigenvalue weighted by Gasteiger charge is 2.62. The monoisotopic (exact) mass is 1500 g/mol. The van der Waals surface area contributed by atoms with Gasteiger partial charge in [0, 0.05) is 61.4 Å². The van der Waals surface area contributed by atoms with Crippen LogP contribution in [0.1, 0.15) is 27.8 Å². The minimum atomic E-state index is -2.84. The number of rotatable bonds is 15. The first-order valence-electron chi connectivity index (χ1n) is 38.0. The number of fused-ring (bicyclic) bond motifs is 15. The van der Waals surface area contributed by atoms with Gasteiger partial charge in [-0.25, -0.2) is 0 Å². The predicted molar refractivity (Wildman–Crippen MR) is 444 cm³/mol. The van der Waals surface area contributed by atoms with Crippen LogP contribution in [-0.4, -0.2) is 64.5 Å². The summed E-state index contributed by atoms with van der Waals surface area (Å²) in [5, 5.41) is 0. The molecule has 115 heavy (non-hydrogen) atoms. The molecular formula is C90H65B5N10O10. The van der Waals surface area contributed by atoms with Gasteiger partial charge in [0.1, 0.15) is 59.7 Å². The lowest BCUT2D eigenvalue weighted by atomic mass is 9.63. The van der Waals surface area contributed by atoms with Crippen molar-refractivity contribution in [1.82, 2.24) is 0 Å². The summed E-state index contributed by atoms with van der Waals surface area (Å²) in [6, 6.07) is 98.2. The smallest absolute Gasteiger partial charge is 0.616 e. The van der Waals surface area contributed by atoms with Crippen LogP contribution in [0.3, 0.4) is 0 Å². The van der Waals surface area contributed by atoms with Crippen LogP contribution in [0.4, 0.5) is 28.4 Å². The number of nitrogens with zero attached hydrogens (tertiary/aromatic N) is 10. The van der Waals surface area contributed by atoms with Crippen LogP contribution in [0.15, 0.2) is 390 Å². The van der Waals surface area contributed by atoms with Gasteiger partial charge in [0.15, 0.2) is 59.7 Å². The fourth-order valence-corrected chi connectivity index (χ4v) is 16.0. The van der Waals surface area contributed by atoms with Crippen LogP contribution < -0.4 is 96.2 Å². The number of benzene rings is 10. The average molecular weight is 1500 g/mol. The van der Waals surface area contributed by atoms with Crippen molar-refractivity contribution in [2.45, 2.75) is 0 Å². The van der Waals surface area contributed by atoms with E-state index >= 15 is 0 Å². The van der Waals surface area contributed by atoms with Gasteiger partial charge in [-0.1, -0.05) is 243 Å². The zero-order valence-corrected chi connectivity index (χ0v) is 61.5. The maximum atomic E-state index is 7.60. The Bertz CT molecular complexity index is 5620. The molecule has 0 spiro atoms. The van der Waals surface area contributed by atoms with Crippen molar-refractivity contribution in [3.63, 3.8) is 0 Å². The Morgan fingerprint density at radius 2 is 0.357 bits per heavy atom. The summed E-state index contributed by atoms with van der Waals surface area (Å²) in [6.07, 6.45) is 27.9. The van der Waals surface area contributed by atoms with Crippen molar-refractivity contribution >= 4 is 120 Å². The first-order chi connectivity index (χ1) is 56.7. The zero-order valence-electron chi connectivity index (χ0n) is 61.5. The summed E-state index contributed by atoms with van der Waals surface area (Å²) in [5.74, 6) is 3.91. The Labute approximate surface area is 661 Å². The van der Waals surface area contributed by atoms with E-state index in [-0.39, 0.29) is 0 Å². The van der Waals surface area contributed by atoms with E-state index in [4.69, 9.17) is 71.5 Å². The maximum absolute atomic E-state index is 7.60. The third-order valence-corrected chi connectivity index (χ3v) is 21.6. The highest BCUT2D eigenvalue weighted by atomic mass is 16.7. The average Bonchev–Trinajstić information content (AvgIpc) is 1.56. The fourth-order valence-electron chi connectivity index (χ4n) is 16.0. The van der Waals surface area contributed by atoms with Gasteiger partial charge in [0.05, 0.1) is 28.4 Å². The third kappa shape index (κ3) is 12.2. The molecule has 0 amide bonds. The molecule has 21 rings (SSSR count). The topological polar surface area (TPSA) is 174 Å². The van der Waals surface area contributed by atoms with Crippen LogP contribution >= 0.6 is 0 Å². The van der Waals surface area contributed by atoms with Crippen molar-refractivity contribution in [2.75, 3.05) is 0 Å². The molecule has 0 fully saturated rings.